The van der Waals surface area contributed by atoms with Crippen molar-refractivity contribution in [1.82, 2.24) is 5.32 Å². The average molecular weight is 423 g/mol. The third kappa shape index (κ3) is 4.98. The molecule has 0 saturated carbocycles. The van der Waals surface area contributed by atoms with Gasteiger partial charge in [0.15, 0.2) is 0 Å². The highest BCUT2D eigenvalue weighted by molar-refractivity contribution is 6.36. The van der Waals surface area contributed by atoms with E-state index in [1.165, 1.54) is 6.08 Å². The van der Waals surface area contributed by atoms with Crippen LogP contribution in [0.1, 0.15) is 23.5 Å². The maximum atomic E-state index is 12.3. The summed E-state index contributed by atoms with van der Waals surface area (Å²) in [5, 5.41) is 11.2. The van der Waals surface area contributed by atoms with Crippen LogP contribution in [0.25, 0.3) is 11.1 Å². The van der Waals surface area contributed by atoms with Gasteiger partial charge in [-0.05, 0) is 22.3 Å². The summed E-state index contributed by atoms with van der Waals surface area (Å²) in [6.07, 6.45) is -0.527. The van der Waals surface area contributed by atoms with Gasteiger partial charge in [0.05, 0.1) is 6.42 Å². The number of amides is 1. The van der Waals surface area contributed by atoms with Crippen LogP contribution in [0.3, 0.4) is 0 Å². The molecule has 0 aliphatic heterocycles. The molecule has 31 heavy (non-hydrogen) atoms. The molecule has 0 spiro atoms. The Balaban J connectivity index is 1.68. The van der Waals surface area contributed by atoms with Crippen LogP contribution in [0.15, 0.2) is 61.2 Å². The van der Waals surface area contributed by atoms with E-state index in [4.69, 9.17) is 9.84 Å². The highest BCUT2D eigenvalue weighted by atomic mass is 16.6. The maximum Gasteiger partial charge on any atom is 0.407 e. The molecule has 0 heterocycles. The minimum atomic E-state index is -1.61. The summed E-state index contributed by atoms with van der Waals surface area (Å²) in [6, 6.07) is 13.9. The van der Waals surface area contributed by atoms with Crippen molar-refractivity contribution in [3.8, 4) is 11.1 Å². The fourth-order valence-electron chi connectivity index (χ4n) is 3.51. The van der Waals surface area contributed by atoms with E-state index in [1.54, 1.807) is 0 Å². The van der Waals surface area contributed by atoms with Crippen LogP contribution in [0.4, 0.5) is 4.79 Å². The molecule has 0 radical (unpaired) electrons. The lowest BCUT2D eigenvalue weighted by atomic mass is 9.98. The monoisotopic (exact) mass is 423 g/mol. The van der Waals surface area contributed by atoms with Crippen molar-refractivity contribution in [2.24, 2.45) is 0 Å². The molecule has 8 heteroatoms. The first-order valence-electron chi connectivity index (χ1n) is 9.57. The Morgan fingerprint density at radius 1 is 1.00 bits per heavy atom. The number of ether oxygens (including phenoxy) is 2. The number of carbonyl (C=O) groups is 4. The predicted octanol–water partition coefficient (Wildman–Crippen LogP) is 2.67. The van der Waals surface area contributed by atoms with Gasteiger partial charge in [0.1, 0.15) is 19.3 Å². The number of carboxylic acids is 1. The van der Waals surface area contributed by atoms with Gasteiger partial charge in [-0.3, -0.25) is 9.59 Å². The zero-order chi connectivity index (χ0) is 22.4. The van der Waals surface area contributed by atoms with Gasteiger partial charge in [-0.25, -0.2) is 9.59 Å². The first kappa shape index (κ1) is 21.8. The Morgan fingerprint density at radius 3 is 2.13 bits per heavy atom. The van der Waals surface area contributed by atoms with Crippen LogP contribution in [-0.2, 0) is 23.9 Å². The van der Waals surface area contributed by atoms with Crippen molar-refractivity contribution in [1.29, 1.82) is 0 Å². The van der Waals surface area contributed by atoms with Gasteiger partial charge in [-0.1, -0.05) is 61.2 Å². The lowest BCUT2D eigenvalue weighted by Gasteiger charge is -2.17. The quantitative estimate of drug-likeness (QED) is 0.361. The summed E-state index contributed by atoms with van der Waals surface area (Å²) < 4.78 is 9.92. The number of rotatable bonds is 9. The van der Waals surface area contributed by atoms with Crippen LogP contribution in [-0.4, -0.2) is 48.2 Å². The van der Waals surface area contributed by atoms with Gasteiger partial charge in [0.2, 0.25) is 0 Å². The Labute approximate surface area is 178 Å². The minimum absolute atomic E-state index is 0.0191. The molecule has 1 aliphatic rings. The number of hydrogen-bond acceptors (Lipinski definition) is 6. The zero-order valence-corrected chi connectivity index (χ0v) is 16.6. The molecule has 3 rings (SSSR count). The third-order valence-electron chi connectivity index (χ3n) is 4.86. The number of carboxylic acid groups (broad SMARTS) is 1. The molecule has 8 nitrogen and oxygen atoms in total. The molecule has 1 atom stereocenters. The van der Waals surface area contributed by atoms with Crippen LogP contribution >= 0.6 is 0 Å². The highest BCUT2D eigenvalue weighted by Crippen LogP contribution is 2.44. The van der Waals surface area contributed by atoms with Crippen molar-refractivity contribution in [3.05, 3.63) is 72.3 Å². The van der Waals surface area contributed by atoms with Gasteiger partial charge in [-0.2, -0.15) is 0 Å². The molecule has 0 saturated heterocycles. The number of ketones is 1. The summed E-state index contributed by atoms with van der Waals surface area (Å²) in [5.74, 6) is -4.01. The molecular weight excluding hydrogens is 402 g/mol. The van der Waals surface area contributed by atoms with Gasteiger partial charge >= 0.3 is 18.0 Å². The van der Waals surface area contributed by atoms with Gasteiger partial charge in [0.25, 0.3) is 5.78 Å². The van der Waals surface area contributed by atoms with E-state index in [1.807, 2.05) is 48.5 Å². The van der Waals surface area contributed by atoms with Gasteiger partial charge in [0, 0.05) is 5.92 Å². The fraction of sp³-hybridized carbons (Fsp3) is 0.217. The second-order valence-corrected chi connectivity index (χ2v) is 6.87. The second kappa shape index (κ2) is 9.71. The number of fused-ring (bicyclic) bond motifs is 3. The first-order chi connectivity index (χ1) is 14.9. The number of nitrogens with one attached hydrogen (secondary N) is 1. The van der Waals surface area contributed by atoms with Crippen LogP contribution in [0, 0.1) is 0 Å². The van der Waals surface area contributed by atoms with E-state index >= 15 is 0 Å². The predicted molar refractivity (Wildman–Crippen MR) is 110 cm³/mol. The van der Waals surface area contributed by atoms with Crippen LogP contribution in [0.2, 0.25) is 0 Å². The lowest BCUT2D eigenvalue weighted by Crippen LogP contribution is -2.46. The minimum Gasteiger partial charge on any atom is -0.481 e. The van der Waals surface area contributed by atoms with E-state index in [-0.39, 0.29) is 19.1 Å². The fourth-order valence-corrected chi connectivity index (χ4v) is 3.51. The van der Waals surface area contributed by atoms with Gasteiger partial charge < -0.3 is 19.9 Å². The largest absolute Gasteiger partial charge is 0.481 e. The Morgan fingerprint density at radius 2 is 1.58 bits per heavy atom. The molecule has 0 bridgehead atoms. The number of aliphatic carboxylic acids is 1. The summed E-state index contributed by atoms with van der Waals surface area (Å²) in [6.45, 7) is 3.12. The van der Waals surface area contributed by atoms with E-state index in [0.29, 0.717) is 0 Å². The first-order valence-corrected chi connectivity index (χ1v) is 9.57. The molecule has 2 aromatic rings. The van der Waals surface area contributed by atoms with E-state index in [2.05, 4.69) is 16.6 Å². The van der Waals surface area contributed by atoms with Crippen molar-refractivity contribution in [3.63, 3.8) is 0 Å². The summed E-state index contributed by atoms with van der Waals surface area (Å²) in [5.41, 5.74) is 4.11. The second-order valence-electron chi connectivity index (χ2n) is 6.87. The highest BCUT2D eigenvalue weighted by Gasteiger charge is 2.32. The van der Waals surface area contributed by atoms with Crippen LogP contribution < -0.4 is 5.32 Å². The Hall–Kier alpha value is -3.94. The lowest BCUT2D eigenvalue weighted by molar-refractivity contribution is -0.154. The van der Waals surface area contributed by atoms with Crippen molar-refractivity contribution in [2.75, 3.05) is 13.2 Å². The molecule has 0 fully saturated rings. The van der Waals surface area contributed by atoms with E-state index in [9.17, 15) is 19.2 Å². The summed E-state index contributed by atoms with van der Waals surface area (Å²) in [4.78, 5) is 47.3. The van der Waals surface area contributed by atoms with E-state index < -0.39 is 36.3 Å². The molecule has 160 valence electrons. The molecule has 2 N–H and O–H groups in total. The smallest absolute Gasteiger partial charge is 0.407 e. The van der Waals surface area contributed by atoms with Crippen molar-refractivity contribution < 1.29 is 33.8 Å². The summed E-state index contributed by atoms with van der Waals surface area (Å²) >= 11 is 0. The number of Topliss-reactive ketones (excluding diaryl/α,β-unsaturated/α-hetero) is 1. The van der Waals surface area contributed by atoms with E-state index in [0.717, 1.165) is 22.3 Å². The Kier molecular flexibility index (Phi) is 6.81. The number of esters is 1. The SMILES string of the molecule is C=CCOC(=O)C(=O)[C@H](CC(=O)O)NC(=O)OCC1c2ccccc2-c2ccccc21. The van der Waals surface area contributed by atoms with Crippen LogP contribution in [0.5, 0.6) is 0 Å². The number of carbonyl (C=O) groups excluding carboxylic acids is 3. The zero-order valence-electron chi connectivity index (χ0n) is 16.6. The molecule has 2 aromatic carbocycles. The molecule has 1 aliphatic carbocycles. The molecule has 0 aromatic heterocycles. The Bertz CT molecular complexity index is 985. The number of benzene rings is 2. The summed E-state index contributed by atoms with van der Waals surface area (Å²) in [7, 11) is 0. The normalized spacial score (nSPS) is 12.8. The standard InChI is InChI=1S/C23H21NO7/c1-2-11-30-22(28)21(27)19(12-20(25)26)24-23(29)31-13-18-16-9-5-3-7-14(16)15-8-4-6-10-17(15)18/h2-10,18-19H,1,11-13H2,(H,24,29)(H,25,26)/t19-/m0/s1. The third-order valence-corrected chi connectivity index (χ3v) is 4.86. The number of alkyl carbamates (subject to hydrolysis) is 1. The maximum absolute atomic E-state index is 12.3. The van der Waals surface area contributed by atoms with Gasteiger partial charge in [-0.15, -0.1) is 0 Å². The molecular formula is C23H21NO7. The average Bonchev–Trinajstić information content (AvgIpc) is 3.08. The molecule has 0 unspecified atom stereocenters. The van der Waals surface area contributed by atoms with Crippen molar-refractivity contribution in [2.45, 2.75) is 18.4 Å². The number of hydrogen-bond donors (Lipinski definition) is 2. The topological polar surface area (TPSA) is 119 Å². The van der Waals surface area contributed by atoms with Crippen molar-refractivity contribution >= 4 is 23.8 Å². The molecule has 1 amide bonds.